The van der Waals surface area contributed by atoms with Crippen molar-refractivity contribution in [1.29, 1.82) is 0 Å². The maximum absolute atomic E-state index is 12.0. The van der Waals surface area contributed by atoms with Gasteiger partial charge in [0.2, 0.25) is 0 Å². The Labute approximate surface area is 183 Å². The molecule has 0 bridgehead atoms. The molecule has 0 saturated carbocycles. The molecule has 0 amide bonds. The Kier molecular flexibility index (Phi) is 5.14. The van der Waals surface area contributed by atoms with E-state index in [0.29, 0.717) is 19.4 Å². The third kappa shape index (κ3) is 3.83. The molecule has 160 valence electrons. The van der Waals surface area contributed by atoms with Gasteiger partial charge in [-0.15, -0.1) is 0 Å². The van der Waals surface area contributed by atoms with Crippen LogP contribution in [0.3, 0.4) is 0 Å². The second-order valence-corrected chi connectivity index (χ2v) is 10.7. The average molecular weight is 427 g/mol. The smallest absolute Gasteiger partial charge is 0.126 e. The Morgan fingerprint density at radius 2 is 1.93 bits per heavy atom. The molecule has 30 heavy (non-hydrogen) atoms. The van der Waals surface area contributed by atoms with Crippen LogP contribution in [0.5, 0.6) is 5.75 Å². The number of hydrogen-bond acceptors (Lipinski definition) is 3. The molecule has 0 saturated heterocycles. The first-order valence-electron chi connectivity index (χ1n) is 10.6. The predicted octanol–water partition coefficient (Wildman–Crippen LogP) is 5.84. The highest BCUT2D eigenvalue weighted by Crippen LogP contribution is 2.47. The fraction of sp³-hybridized carbons (Fsp3) is 0.480. The van der Waals surface area contributed by atoms with E-state index in [1.807, 2.05) is 30.3 Å². The molecular formula is C25H31ClN2O2. The Bertz CT molecular complexity index is 1050. The van der Waals surface area contributed by atoms with E-state index in [0.717, 1.165) is 45.0 Å². The molecule has 1 atom stereocenters. The maximum atomic E-state index is 12.0. The molecule has 2 N–H and O–H groups in total. The van der Waals surface area contributed by atoms with Crippen molar-refractivity contribution < 1.29 is 9.84 Å². The molecule has 4 nitrogen and oxygen atoms in total. The Hall–Kier alpha value is -2.04. The number of hydrogen-bond donors (Lipinski definition) is 2. The van der Waals surface area contributed by atoms with Gasteiger partial charge in [0.05, 0.1) is 23.2 Å². The number of nitrogens with zero attached hydrogens (tertiary/aromatic N) is 1. The van der Waals surface area contributed by atoms with Gasteiger partial charge in [-0.2, -0.15) is 0 Å². The zero-order valence-electron chi connectivity index (χ0n) is 18.5. The van der Waals surface area contributed by atoms with Gasteiger partial charge in [0.25, 0.3) is 0 Å². The second-order valence-electron chi connectivity index (χ2n) is 10.3. The molecule has 0 aliphatic carbocycles. The van der Waals surface area contributed by atoms with E-state index >= 15 is 0 Å². The highest BCUT2D eigenvalue weighted by Gasteiger charge is 2.45. The van der Waals surface area contributed by atoms with E-state index in [-0.39, 0.29) is 10.8 Å². The summed E-state index contributed by atoms with van der Waals surface area (Å²) >= 11 is 6.44. The van der Waals surface area contributed by atoms with Gasteiger partial charge in [-0.25, -0.2) is 0 Å². The fourth-order valence-electron chi connectivity index (χ4n) is 4.61. The van der Waals surface area contributed by atoms with E-state index in [4.69, 9.17) is 16.3 Å². The van der Waals surface area contributed by atoms with Gasteiger partial charge in [-0.05, 0) is 53.1 Å². The van der Waals surface area contributed by atoms with E-state index in [1.165, 1.54) is 0 Å². The van der Waals surface area contributed by atoms with Crippen LogP contribution in [0.25, 0.3) is 11.0 Å². The SMILES string of the molecule is CC(C)(CC(O)(Cc1cc2ncccc2[nH]1)C(C)(C)C)c1cc(Cl)cc2c1OCC2. The van der Waals surface area contributed by atoms with Gasteiger partial charge in [-0.1, -0.05) is 46.2 Å². The number of rotatable bonds is 5. The number of fused-ring (bicyclic) bond motifs is 2. The van der Waals surface area contributed by atoms with Crippen molar-refractivity contribution >= 4 is 22.6 Å². The number of nitrogens with one attached hydrogen (secondary N) is 1. The maximum Gasteiger partial charge on any atom is 0.126 e. The summed E-state index contributed by atoms with van der Waals surface area (Å²) in [5, 5.41) is 12.8. The quantitative estimate of drug-likeness (QED) is 0.538. The summed E-state index contributed by atoms with van der Waals surface area (Å²) in [6, 6.07) is 9.97. The average Bonchev–Trinajstić information content (AvgIpc) is 3.24. The molecule has 0 spiro atoms. The minimum absolute atomic E-state index is 0.328. The lowest BCUT2D eigenvalue weighted by Crippen LogP contribution is -2.49. The first-order chi connectivity index (χ1) is 14.0. The number of aromatic nitrogens is 2. The summed E-state index contributed by atoms with van der Waals surface area (Å²) < 4.78 is 5.97. The van der Waals surface area contributed by atoms with Crippen LogP contribution in [0.15, 0.2) is 36.5 Å². The van der Waals surface area contributed by atoms with Crippen molar-refractivity contribution in [2.45, 2.75) is 64.9 Å². The number of aromatic amines is 1. The monoisotopic (exact) mass is 426 g/mol. The summed E-state index contributed by atoms with van der Waals surface area (Å²) in [5.74, 6) is 0.940. The number of benzene rings is 1. The van der Waals surface area contributed by atoms with Crippen LogP contribution in [0.4, 0.5) is 0 Å². The van der Waals surface area contributed by atoms with Gasteiger partial charge in [0.1, 0.15) is 5.75 Å². The summed E-state index contributed by atoms with van der Waals surface area (Å²) in [6.45, 7) is 11.3. The highest BCUT2D eigenvalue weighted by molar-refractivity contribution is 6.30. The van der Waals surface area contributed by atoms with E-state index in [2.05, 4.69) is 44.6 Å². The summed E-state index contributed by atoms with van der Waals surface area (Å²) in [5.41, 5.74) is 3.52. The van der Waals surface area contributed by atoms with Crippen molar-refractivity contribution in [3.63, 3.8) is 0 Å². The van der Waals surface area contributed by atoms with Gasteiger partial charge >= 0.3 is 0 Å². The largest absolute Gasteiger partial charge is 0.493 e. The topological polar surface area (TPSA) is 58.1 Å². The normalized spacial score (nSPS) is 16.4. The molecule has 1 aliphatic rings. The molecule has 3 heterocycles. The number of halogens is 1. The molecule has 3 aromatic rings. The third-order valence-corrected chi connectivity index (χ3v) is 6.75. The van der Waals surface area contributed by atoms with Crippen LogP contribution in [0, 0.1) is 5.41 Å². The van der Waals surface area contributed by atoms with E-state index < -0.39 is 5.60 Å². The zero-order chi connectivity index (χ0) is 21.7. The molecular weight excluding hydrogens is 396 g/mol. The minimum Gasteiger partial charge on any atom is -0.493 e. The van der Waals surface area contributed by atoms with Crippen LogP contribution < -0.4 is 4.74 Å². The third-order valence-electron chi connectivity index (χ3n) is 6.54. The number of ether oxygens (including phenoxy) is 1. The van der Waals surface area contributed by atoms with Gasteiger partial charge in [-0.3, -0.25) is 4.98 Å². The number of H-pyrrole nitrogens is 1. The Morgan fingerprint density at radius 3 is 2.63 bits per heavy atom. The first kappa shape index (κ1) is 21.2. The molecule has 1 unspecified atom stereocenters. The second kappa shape index (κ2) is 7.28. The molecule has 5 heteroatoms. The molecule has 2 aromatic heterocycles. The van der Waals surface area contributed by atoms with Crippen LogP contribution in [0.1, 0.15) is 57.9 Å². The Morgan fingerprint density at radius 1 is 1.17 bits per heavy atom. The summed E-state index contributed by atoms with van der Waals surface area (Å²) in [4.78, 5) is 7.85. The molecule has 4 rings (SSSR count). The highest BCUT2D eigenvalue weighted by atomic mass is 35.5. The Balaban J connectivity index is 1.71. The summed E-state index contributed by atoms with van der Waals surface area (Å²) in [6.07, 6.45) is 3.76. The van der Waals surface area contributed by atoms with Crippen molar-refractivity contribution in [3.05, 3.63) is 58.4 Å². The summed E-state index contributed by atoms with van der Waals surface area (Å²) in [7, 11) is 0. The lowest BCUT2D eigenvalue weighted by molar-refractivity contribution is -0.0776. The molecule has 0 fully saturated rings. The molecule has 1 aliphatic heterocycles. The van der Waals surface area contributed by atoms with E-state index in [9.17, 15) is 5.11 Å². The van der Waals surface area contributed by atoms with Crippen LogP contribution in [-0.4, -0.2) is 27.3 Å². The van der Waals surface area contributed by atoms with Crippen molar-refractivity contribution in [2.75, 3.05) is 6.61 Å². The van der Waals surface area contributed by atoms with Crippen LogP contribution in [0.2, 0.25) is 5.02 Å². The first-order valence-corrected chi connectivity index (χ1v) is 11.0. The van der Waals surface area contributed by atoms with Gasteiger partial charge < -0.3 is 14.8 Å². The van der Waals surface area contributed by atoms with Crippen molar-refractivity contribution in [2.24, 2.45) is 5.41 Å². The zero-order valence-corrected chi connectivity index (χ0v) is 19.2. The minimum atomic E-state index is -0.953. The lowest BCUT2D eigenvalue weighted by Gasteiger charge is -2.45. The molecule has 1 aromatic carbocycles. The van der Waals surface area contributed by atoms with Crippen molar-refractivity contribution in [1.82, 2.24) is 9.97 Å². The van der Waals surface area contributed by atoms with Crippen LogP contribution in [-0.2, 0) is 18.3 Å². The standard InChI is InChI=1S/C25H31ClN2O2/c1-23(2,3)25(29,14-18-13-21-20(28-18)7-6-9-27-21)15-24(4,5)19-12-17(26)11-16-8-10-30-22(16)19/h6-7,9,11-13,28-29H,8,10,14-15H2,1-5H3. The van der Waals surface area contributed by atoms with Crippen molar-refractivity contribution in [3.8, 4) is 5.75 Å². The van der Waals surface area contributed by atoms with Crippen LogP contribution >= 0.6 is 11.6 Å². The molecule has 0 radical (unpaired) electrons. The fourth-order valence-corrected chi connectivity index (χ4v) is 4.85. The van der Waals surface area contributed by atoms with Gasteiger partial charge in [0.15, 0.2) is 0 Å². The number of pyridine rings is 1. The lowest BCUT2D eigenvalue weighted by atomic mass is 9.64. The van der Waals surface area contributed by atoms with Gasteiger partial charge in [0, 0.05) is 35.3 Å². The number of aliphatic hydroxyl groups is 1. The predicted molar refractivity (Wildman–Crippen MR) is 122 cm³/mol. The van der Waals surface area contributed by atoms with E-state index in [1.54, 1.807) is 6.20 Å².